The normalized spacial score (nSPS) is 19.8. The molecule has 0 saturated heterocycles. The molecular weight excluding hydrogens is 335 g/mol. The summed E-state index contributed by atoms with van der Waals surface area (Å²) in [6, 6.07) is 5.74. The Balaban J connectivity index is 0.00000192. The van der Waals surface area contributed by atoms with Crippen LogP contribution in [0, 0.1) is 0 Å². The molecule has 2 heterocycles. The maximum Gasteiger partial charge on any atom is 0.328 e. The molecule has 126 valence electrons. The maximum absolute atomic E-state index is 12.1. The zero-order chi connectivity index (χ0) is 15.7. The third-order valence-corrected chi connectivity index (χ3v) is 4.57. The van der Waals surface area contributed by atoms with Gasteiger partial charge in [-0.15, -0.1) is 12.4 Å². The van der Waals surface area contributed by atoms with Crippen molar-refractivity contribution in [3.05, 3.63) is 40.2 Å². The Morgan fingerprint density at radius 3 is 3.00 bits per heavy atom. The zero-order valence-electron chi connectivity index (χ0n) is 13.4. The van der Waals surface area contributed by atoms with Crippen molar-refractivity contribution in [2.24, 2.45) is 0 Å². The number of rotatable bonds is 2. The number of carbonyl (C=O) groups excluding carboxylic acids is 1. The highest BCUT2D eigenvalue weighted by Crippen LogP contribution is 2.36. The minimum Gasteiger partial charge on any atom is -0.464 e. The zero-order valence-corrected chi connectivity index (χ0v) is 15.0. The quantitative estimate of drug-likeness (QED) is 0.820. The molecule has 1 N–H and O–H groups in total. The molecule has 3 rings (SSSR count). The van der Waals surface area contributed by atoms with E-state index in [1.807, 2.05) is 26.1 Å². The summed E-state index contributed by atoms with van der Waals surface area (Å²) in [5, 5.41) is 4.13. The SMILES string of the molecule is CCOC(=O)C1CCCC2=C(N1)N(C)c1cc(Cl)ccc1C2.Cl. The van der Waals surface area contributed by atoms with E-state index >= 15 is 0 Å². The number of nitrogens with one attached hydrogen (secondary N) is 1. The van der Waals surface area contributed by atoms with E-state index in [1.165, 1.54) is 11.1 Å². The van der Waals surface area contributed by atoms with Crippen LogP contribution in [0.3, 0.4) is 0 Å². The topological polar surface area (TPSA) is 41.6 Å². The van der Waals surface area contributed by atoms with Crippen LogP contribution < -0.4 is 10.2 Å². The summed E-state index contributed by atoms with van der Waals surface area (Å²) in [6.45, 7) is 2.25. The molecular formula is C17H22Cl2N2O2. The Morgan fingerprint density at radius 2 is 2.26 bits per heavy atom. The van der Waals surface area contributed by atoms with Crippen molar-refractivity contribution in [3.63, 3.8) is 0 Å². The fraction of sp³-hybridized carbons (Fsp3) is 0.471. The average molecular weight is 357 g/mol. The van der Waals surface area contributed by atoms with Gasteiger partial charge in [-0.1, -0.05) is 17.7 Å². The first-order valence-electron chi connectivity index (χ1n) is 7.77. The molecule has 0 aliphatic carbocycles. The van der Waals surface area contributed by atoms with Crippen molar-refractivity contribution >= 4 is 35.7 Å². The van der Waals surface area contributed by atoms with Gasteiger partial charge in [0, 0.05) is 17.8 Å². The molecule has 0 radical (unpaired) electrons. The first kappa shape index (κ1) is 18.0. The molecule has 1 atom stereocenters. The van der Waals surface area contributed by atoms with E-state index in [0.717, 1.165) is 42.2 Å². The molecule has 1 aromatic carbocycles. The molecule has 0 aromatic heterocycles. The number of ether oxygens (including phenoxy) is 1. The van der Waals surface area contributed by atoms with Crippen LogP contribution in [0.4, 0.5) is 5.69 Å². The second-order valence-electron chi connectivity index (χ2n) is 5.80. The fourth-order valence-electron chi connectivity index (χ4n) is 3.25. The van der Waals surface area contributed by atoms with Gasteiger partial charge >= 0.3 is 5.97 Å². The predicted molar refractivity (Wildman–Crippen MR) is 95.2 cm³/mol. The number of esters is 1. The average Bonchev–Trinajstić information content (AvgIpc) is 2.71. The molecule has 6 heteroatoms. The number of benzene rings is 1. The van der Waals surface area contributed by atoms with E-state index < -0.39 is 0 Å². The van der Waals surface area contributed by atoms with Crippen molar-refractivity contribution in [2.45, 2.75) is 38.6 Å². The summed E-state index contributed by atoms with van der Waals surface area (Å²) in [5.41, 5.74) is 3.73. The van der Waals surface area contributed by atoms with E-state index in [-0.39, 0.29) is 24.4 Å². The van der Waals surface area contributed by atoms with Crippen LogP contribution in [0.25, 0.3) is 0 Å². The lowest BCUT2D eigenvalue weighted by molar-refractivity contribution is -0.145. The summed E-state index contributed by atoms with van der Waals surface area (Å²) in [7, 11) is 2.02. The molecule has 1 unspecified atom stereocenters. The molecule has 2 aliphatic rings. The highest BCUT2D eigenvalue weighted by atomic mass is 35.5. The number of fused-ring (bicyclic) bond motifs is 1. The van der Waals surface area contributed by atoms with E-state index in [2.05, 4.69) is 16.3 Å². The first-order chi connectivity index (χ1) is 10.6. The Hall–Kier alpha value is -1.39. The molecule has 0 amide bonds. The molecule has 1 aromatic rings. The third kappa shape index (κ3) is 3.59. The molecule has 23 heavy (non-hydrogen) atoms. The fourth-order valence-corrected chi connectivity index (χ4v) is 3.42. The second-order valence-corrected chi connectivity index (χ2v) is 6.24. The van der Waals surface area contributed by atoms with Crippen molar-refractivity contribution in [1.82, 2.24) is 5.32 Å². The van der Waals surface area contributed by atoms with Gasteiger partial charge < -0.3 is 15.0 Å². The van der Waals surface area contributed by atoms with Crippen molar-refractivity contribution in [3.8, 4) is 0 Å². The van der Waals surface area contributed by atoms with E-state index in [0.29, 0.717) is 6.61 Å². The van der Waals surface area contributed by atoms with Gasteiger partial charge in [-0.3, -0.25) is 0 Å². The summed E-state index contributed by atoms with van der Waals surface area (Å²) >= 11 is 6.13. The van der Waals surface area contributed by atoms with Crippen LogP contribution >= 0.6 is 24.0 Å². The molecule has 0 fully saturated rings. The molecule has 0 saturated carbocycles. The van der Waals surface area contributed by atoms with Crippen molar-refractivity contribution in [1.29, 1.82) is 0 Å². The Bertz CT molecular complexity index is 631. The first-order valence-corrected chi connectivity index (χ1v) is 8.15. The van der Waals surface area contributed by atoms with E-state index in [4.69, 9.17) is 16.3 Å². The van der Waals surface area contributed by atoms with Gasteiger partial charge in [0.15, 0.2) is 0 Å². The van der Waals surface area contributed by atoms with Gasteiger partial charge in [-0.05, 0) is 55.9 Å². The number of hydrogen-bond acceptors (Lipinski definition) is 4. The number of carbonyl (C=O) groups is 1. The van der Waals surface area contributed by atoms with Gasteiger partial charge in [0.1, 0.15) is 11.9 Å². The van der Waals surface area contributed by atoms with E-state index in [1.54, 1.807) is 0 Å². The van der Waals surface area contributed by atoms with Crippen LogP contribution in [0.1, 0.15) is 31.7 Å². The molecule has 0 bridgehead atoms. The van der Waals surface area contributed by atoms with Gasteiger partial charge in [0.05, 0.1) is 6.61 Å². The maximum atomic E-state index is 12.1. The Morgan fingerprint density at radius 1 is 1.48 bits per heavy atom. The van der Waals surface area contributed by atoms with Crippen molar-refractivity contribution in [2.75, 3.05) is 18.6 Å². The van der Waals surface area contributed by atoms with Crippen LogP contribution in [0.15, 0.2) is 29.6 Å². The predicted octanol–water partition coefficient (Wildman–Crippen LogP) is 3.67. The monoisotopic (exact) mass is 356 g/mol. The number of halogens is 2. The summed E-state index contributed by atoms with van der Waals surface area (Å²) in [6.07, 6.45) is 3.71. The van der Waals surface area contributed by atoms with Gasteiger partial charge in [0.2, 0.25) is 0 Å². The smallest absolute Gasteiger partial charge is 0.328 e. The summed E-state index contributed by atoms with van der Waals surface area (Å²) in [5.74, 6) is 0.867. The summed E-state index contributed by atoms with van der Waals surface area (Å²) in [4.78, 5) is 14.2. The van der Waals surface area contributed by atoms with Crippen LogP contribution in [0.5, 0.6) is 0 Å². The number of nitrogens with zero attached hydrogens (tertiary/aromatic N) is 1. The highest BCUT2D eigenvalue weighted by Gasteiger charge is 2.30. The lowest BCUT2D eigenvalue weighted by Crippen LogP contribution is -2.42. The number of anilines is 1. The van der Waals surface area contributed by atoms with Crippen LogP contribution in [-0.2, 0) is 16.0 Å². The lowest BCUT2D eigenvalue weighted by atomic mass is 9.95. The second kappa shape index (κ2) is 7.45. The van der Waals surface area contributed by atoms with Crippen molar-refractivity contribution < 1.29 is 9.53 Å². The Kier molecular flexibility index (Phi) is 5.82. The van der Waals surface area contributed by atoms with E-state index in [9.17, 15) is 4.79 Å². The molecule has 0 spiro atoms. The minimum absolute atomic E-state index is 0. The molecule has 4 nitrogen and oxygen atoms in total. The largest absolute Gasteiger partial charge is 0.464 e. The van der Waals surface area contributed by atoms with Gasteiger partial charge in [0.25, 0.3) is 0 Å². The number of hydrogen-bond donors (Lipinski definition) is 1. The number of allylic oxidation sites excluding steroid dienone is 1. The molecule has 2 aliphatic heterocycles. The standard InChI is InChI=1S/C17H21ClN2O2.ClH/c1-3-22-17(21)14-6-4-5-12-9-11-7-8-13(18)10-15(11)20(2)16(12)19-14;/h7-8,10,14,19H,3-6,9H2,1-2H3;1H. The Labute approximate surface area is 148 Å². The third-order valence-electron chi connectivity index (χ3n) is 4.34. The minimum atomic E-state index is -0.268. The lowest BCUT2D eigenvalue weighted by Gasteiger charge is -2.33. The summed E-state index contributed by atoms with van der Waals surface area (Å²) < 4.78 is 5.18. The highest BCUT2D eigenvalue weighted by molar-refractivity contribution is 6.30. The van der Waals surface area contributed by atoms with Crippen LogP contribution in [0.2, 0.25) is 5.02 Å². The van der Waals surface area contributed by atoms with Crippen LogP contribution in [-0.4, -0.2) is 25.7 Å². The van der Waals surface area contributed by atoms with Gasteiger partial charge in [-0.25, -0.2) is 4.79 Å². The van der Waals surface area contributed by atoms with Gasteiger partial charge in [-0.2, -0.15) is 0 Å².